The second-order valence-corrected chi connectivity index (χ2v) is 2.80. The molecule has 0 spiro atoms. The lowest BCUT2D eigenvalue weighted by atomic mass is 10.2. The molecule has 4 heteroatoms. The molecule has 1 aromatic rings. The Labute approximate surface area is 80.9 Å². The number of aromatic hydroxyl groups is 1. The summed E-state index contributed by atoms with van der Waals surface area (Å²) in [6, 6.07) is 2.20. The zero-order chi connectivity index (χ0) is 10.6. The van der Waals surface area contributed by atoms with Crippen LogP contribution >= 0.6 is 0 Å². The first-order chi connectivity index (χ1) is 6.65. The Hall–Kier alpha value is -1.42. The molecular formula is C10H11F2NO. The Kier molecular flexibility index (Phi) is 3.59. The Morgan fingerprint density at radius 1 is 1.43 bits per heavy atom. The van der Waals surface area contributed by atoms with Gasteiger partial charge in [-0.25, -0.2) is 4.39 Å². The van der Waals surface area contributed by atoms with Gasteiger partial charge in [-0.1, -0.05) is 12.2 Å². The molecule has 14 heavy (non-hydrogen) atoms. The Morgan fingerprint density at radius 2 is 2.14 bits per heavy atom. The van der Waals surface area contributed by atoms with E-state index < -0.39 is 17.4 Å². The lowest BCUT2D eigenvalue weighted by Gasteiger charge is -1.99. The number of phenols is 1. The minimum atomic E-state index is -1.21. The van der Waals surface area contributed by atoms with Crippen molar-refractivity contribution in [3.8, 4) is 5.75 Å². The van der Waals surface area contributed by atoms with Crippen LogP contribution in [0.2, 0.25) is 0 Å². The second kappa shape index (κ2) is 4.72. The summed E-state index contributed by atoms with van der Waals surface area (Å²) < 4.78 is 25.4. The van der Waals surface area contributed by atoms with Gasteiger partial charge in [0.2, 0.25) is 0 Å². The van der Waals surface area contributed by atoms with E-state index in [1.807, 2.05) is 0 Å². The van der Waals surface area contributed by atoms with Crippen molar-refractivity contribution in [3.63, 3.8) is 0 Å². The van der Waals surface area contributed by atoms with Gasteiger partial charge in [-0.3, -0.25) is 0 Å². The minimum Gasteiger partial charge on any atom is -0.505 e. The third-order valence-electron chi connectivity index (χ3n) is 1.66. The van der Waals surface area contributed by atoms with Crippen molar-refractivity contribution in [1.29, 1.82) is 0 Å². The minimum absolute atomic E-state index is 0.427. The topological polar surface area (TPSA) is 32.3 Å². The lowest BCUT2D eigenvalue weighted by Crippen LogP contribution is -2.03. The van der Waals surface area contributed by atoms with Gasteiger partial charge in [-0.05, 0) is 24.7 Å². The van der Waals surface area contributed by atoms with Crippen LogP contribution in [-0.2, 0) is 0 Å². The first-order valence-corrected chi connectivity index (χ1v) is 4.14. The molecular weight excluding hydrogens is 188 g/mol. The van der Waals surface area contributed by atoms with Gasteiger partial charge in [0.15, 0.2) is 17.4 Å². The number of phenolic OH excluding ortho intramolecular Hbond substituents is 1. The van der Waals surface area contributed by atoms with Gasteiger partial charge in [0.1, 0.15) is 0 Å². The number of hydrogen-bond donors (Lipinski definition) is 2. The molecule has 0 fully saturated rings. The number of likely N-dealkylation sites (N-methyl/N-ethyl adjacent to an activating group) is 1. The standard InChI is InChI=1S/C10H11F2NO/c1-13-4-2-3-7-5-8(11)10(12)9(14)6-7/h2-3,5-6,13-14H,4H2,1H3. The quantitative estimate of drug-likeness (QED) is 0.779. The van der Waals surface area contributed by atoms with E-state index in [9.17, 15) is 8.78 Å². The van der Waals surface area contributed by atoms with E-state index in [1.165, 1.54) is 6.07 Å². The van der Waals surface area contributed by atoms with Gasteiger partial charge in [0.25, 0.3) is 0 Å². The zero-order valence-electron chi connectivity index (χ0n) is 7.72. The molecule has 0 aliphatic carbocycles. The van der Waals surface area contributed by atoms with Gasteiger partial charge in [0, 0.05) is 6.54 Å². The van der Waals surface area contributed by atoms with Gasteiger partial charge >= 0.3 is 0 Å². The highest BCUT2D eigenvalue weighted by atomic mass is 19.2. The molecule has 1 aromatic carbocycles. The number of rotatable bonds is 3. The summed E-state index contributed by atoms with van der Waals surface area (Å²) in [7, 11) is 1.77. The summed E-state index contributed by atoms with van der Waals surface area (Å²) in [5.41, 5.74) is 0.427. The van der Waals surface area contributed by atoms with Crippen LogP contribution < -0.4 is 5.32 Å². The number of halogens is 2. The molecule has 0 aliphatic rings. The van der Waals surface area contributed by atoms with Crippen LogP contribution in [0.25, 0.3) is 6.08 Å². The molecule has 0 saturated heterocycles. The summed E-state index contributed by atoms with van der Waals surface area (Å²) >= 11 is 0. The van der Waals surface area contributed by atoms with Crippen molar-refractivity contribution in [1.82, 2.24) is 5.32 Å². The maximum absolute atomic E-state index is 12.8. The van der Waals surface area contributed by atoms with Crippen LogP contribution in [-0.4, -0.2) is 18.7 Å². The fourth-order valence-corrected chi connectivity index (χ4v) is 1.00. The van der Waals surface area contributed by atoms with Crippen LogP contribution in [0.5, 0.6) is 5.75 Å². The average molecular weight is 199 g/mol. The normalized spacial score (nSPS) is 11.1. The molecule has 1 rings (SSSR count). The fourth-order valence-electron chi connectivity index (χ4n) is 1.00. The van der Waals surface area contributed by atoms with E-state index in [2.05, 4.69) is 5.32 Å². The van der Waals surface area contributed by atoms with E-state index >= 15 is 0 Å². The molecule has 0 aromatic heterocycles. The van der Waals surface area contributed by atoms with Crippen LogP contribution in [0.3, 0.4) is 0 Å². The molecule has 0 amide bonds. The smallest absolute Gasteiger partial charge is 0.200 e. The number of benzene rings is 1. The summed E-state index contributed by atoms with van der Waals surface area (Å²) in [4.78, 5) is 0. The molecule has 2 N–H and O–H groups in total. The average Bonchev–Trinajstić information content (AvgIpc) is 2.14. The summed E-state index contributed by atoms with van der Waals surface area (Å²) in [5, 5.41) is 11.8. The molecule has 0 atom stereocenters. The molecule has 0 aliphatic heterocycles. The first-order valence-electron chi connectivity index (χ1n) is 4.14. The molecule has 2 nitrogen and oxygen atoms in total. The third-order valence-corrected chi connectivity index (χ3v) is 1.66. The molecule has 0 bridgehead atoms. The molecule has 0 radical (unpaired) electrons. The van der Waals surface area contributed by atoms with Crippen LogP contribution in [0.4, 0.5) is 8.78 Å². The van der Waals surface area contributed by atoms with E-state index in [4.69, 9.17) is 5.11 Å². The van der Waals surface area contributed by atoms with Gasteiger partial charge < -0.3 is 10.4 Å². The van der Waals surface area contributed by atoms with Crippen LogP contribution in [0.1, 0.15) is 5.56 Å². The van der Waals surface area contributed by atoms with Crippen molar-refractivity contribution in [2.75, 3.05) is 13.6 Å². The molecule has 0 saturated carbocycles. The van der Waals surface area contributed by atoms with E-state index in [0.29, 0.717) is 12.1 Å². The van der Waals surface area contributed by atoms with Crippen molar-refractivity contribution in [2.45, 2.75) is 0 Å². The zero-order valence-corrected chi connectivity index (χ0v) is 7.72. The largest absolute Gasteiger partial charge is 0.505 e. The van der Waals surface area contributed by atoms with Crippen molar-refractivity contribution in [2.24, 2.45) is 0 Å². The lowest BCUT2D eigenvalue weighted by molar-refractivity contribution is 0.407. The van der Waals surface area contributed by atoms with E-state index in [0.717, 1.165) is 6.07 Å². The van der Waals surface area contributed by atoms with Crippen LogP contribution in [0, 0.1) is 11.6 Å². The maximum Gasteiger partial charge on any atom is 0.200 e. The highest BCUT2D eigenvalue weighted by Gasteiger charge is 2.07. The Morgan fingerprint density at radius 3 is 2.71 bits per heavy atom. The Bertz CT molecular complexity index is 327. The highest BCUT2D eigenvalue weighted by Crippen LogP contribution is 2.21. The SMILES string of the molecule is CNCC=Cc1cc(O)c(F)c(F)c1. The van der Waals surface area contributed by atoms with E-state index in [-0.39, 0.29) is 0 Å². The predicted octanol–water partition coefficient (Wildman–Crippen LogP) is 1.90. The summed E-state index contributed by atoms with van der Waals surface area (Å²) in [6.45, 7) is 0.625. The maximum atomic E-state index is 12.8. The fraction of sp³-hybridized carbons (Fsp3) is 0.200. The molecule has 0 unspecified atom stereocenters. The summed E-state index contributed by atoms with van der Waals surface area (Å²) in [6.07, 6.45) is 3.34. The first kappa shape index (κ1) is 10.7. The monoisotopic (exact) mass is 199 g/mol. The van der Waals surface area contributed by atoms with Gasteiger partial charge in [-0.2, -0.15) is 4.39 Å². The van der Waals surface area contributed by atoms with Gasteiger partial charge in [-0.15, -0.1) is 0 Å². The van der Waals surface area contributed by atoms with Crippen molar-refractivity contribution >= 4 is 6.08 Å². The third kappa shape index (κ3) is 2.53. The van der Waals surface area contributed by atoms with Crippen molar-refractivity contribution in [3.05, 3.63) is 35.4 Å². The Balaban J connectivity index is 2.89. The molecule has 76 valence electrons. The number of hydrogen-bond acceptors (Lipinski definition) is 2. The van der Waals surface area contributed by atoms with Crippen molar-refractivity contribution < 1.29 is 13.9 Å². The molecule has 0 heterocycles. The highest BCUT2D eigenvalue weighted by molar-refractivity contribution is 5.52. The second-order valence-electron chi connectivity index (χ2n) is 2.80. The van der Waals surface area contributed by atoms with Gasteiger partial charge in [0.05, 0.1) is 0 Å². The summed E-state index contributed by atoms with van der Waals surface area (Å²) in [5.74, 6) is -2.93. The van der Waals surface area contributed by atoms with Crippen LogP contribution in [0.15, 0.2) is 18.2 Å². The van der Waals surface area contributed by atoms with E-state index in [1.54, 1.807) is 19.2 Å². The number of nitrogens with one attached hydrogen (secondary N) is 1. The predicted molar refractivity (Wildman–Crippen MR) is 51.0 cm³/mol.